The maximum atomic E-state index is 12.4. The SMILES string of the molecule is CCCC1(C(=O)CN)OOC1[P+](O)(O)C(O)(Cn1ccnc1)POC(O)[C@H](C)O. The highest BCUT2D eigenvalue weighted by atomic mass is 31.2. The normalized spacial score (nSPS) is 26.8. The van der Waals surface area contributed by atoms with Crippen LogP contribution in [0.1, 0.15) is 26.7 Å². The van der Waals surface area contributed by atoms with Gasteiger partial charge in [-0.25, -0.2) is 19.7 Å². The Hall–Kier alpha value is -0.620. The molecule has 166 valence electrons. The van der Waals surface area contributed by atoms with E-state index in [2.05, 4.69) is 4.98 Å². The Bertz CT molecular complexity index is 678. The third-order valence-electron chi connectivity index (χ3n) is 4.56. The first kappa shape index (κ1) is 24.6. The van der Waals surface area contributed by atoms with Gasteiger partial charge in [-0.05, 0) is 13.3 Å². The van der Waals surface area contributed by atoms with Crippen LogP contribution in [0.3, 0.4) is 0 Å². The molecule has 2 heterocycles. The van der Waals surface area contributed by atoms with Crippen molar-refractivity contribution in [3.05, 3.63) is 18.7 Å². The lowest BCUT2D eigenvalue weighted by Gasteiger charge is -2.47. The van der Waals surface area contributed by atoms with Gasteiger partial charge in [0.2, 0.25) is 5.60 Å². The zero-order valence-corrected chi connectivity index (χ0v) is 18.0. The van der Waals surface area contributed by atoms with Gasteiger partial charge < -0.3 is 30.1 Å². The molecule has 0 bridgehead atoms. The minimum Gasteiger partial charge on any atom is -0.388 e. The molecule has 12 nitrogen and oxygen atoms in total. The third-order valence-corrected chi connectivity index (χ3v) is 9.05. The number of hydrogen-bond acceptors (Lipinski definition) is 11. The number of nitrogens with two attached hydrogens (primary N) is 1. The number of hydrogen-bond donors (Lipinski definition) is 6. The van der Waals surface area contributed by atoms with Crippen LogP contribution < -0.4 is 5.73 Å². The van der Waals surface area contributed by atoms with Gasteiger partial charge in [0.05, 0.1) is 19.4 Å². The molecule has 5 unspecified atom stereocenters. The fourth-order valence-electron chi connectivity index (χ4n) is 2.88. The second-order valence-corrected chi connectivity index (χ2v) is 11.0. The fourth-order valence-corrected chi connectivity index (χ4v) is 6.50. The molecule has 0 radical (unpaired) electrons. The van der Waals surface area contributed by atoms with E-state index >= 15 is 0 Å². The molecule has 0 aromatic carbocycles. The fraction of sp³-hybridized carbons (Fsp3) is 0.733. The molecule has 1 aromatic heterocycles. The highest BCUT2D eigenvalue weighted by molar-refractivity contribution is 7.74. The summed E-state index contributed by atoms with van der Waals surface area (Å²) in [7, 11) is -5.63. The zero-order valence-electron chi connectivity index (χ0n) is 16.1. The van der Waals surface area contributed by atoms with Crippen LogP contribution in [-0.2, 0) is 25.6 Å². The maximum absolute atomic E-state index is 12.4. The number of ketones is 1. The number of aromatic nitrogens is 2. The van der Waals surface area contributed by atoms with Crippen molar-refractivity contribution in [3.63, 3.8) is 0 Å². The molecule has 0 amide bonds. The number of Topliss-reactive ketones (excluding diaryl/α,β-unsaturated/α-hetero) is 1. The second kappa shape index (κ2) is 9.67. The molecule has 6 atom stereocenters. The summed E-state index contributed by atoms with van der Waals surface area (Å²) in [6, 6.07) is 0. The van der Waals surface area contributed by atoms with Gasteiger partial charge in [0.25, 0.3) is 10.9 Å². The number of carbonyl (C=O) groups excluding carboxylic acids is 1. The topological polar surface area (TPSA) is 190 Å². The Morgan fingerprint density at radius 2 is 2.21 bits per heavy atom. The number of aliphatic hydroxyl groups is 3. The Balaban J connectivity index is 2.37. The summed E-state index contributed by atoms with van der Waals surface area (Å²) in [5.74, 6) is -2.17. The van der Waals surface area contributed by atoms with Crippen molar-refractivity contribution in [3.8, 4) is 0 Å². The van der Waals surface area contributed by atoms with E-state index in [-0.39, 0.29) is 6.42 Å². The molecule has 1 aliphatic rings. The van der Waals surface area contributed by atoms with Crippen LogP contribution in [0.25, 0.3) is 0 Å². The van der Waals surface area contributed by atoms with Gasteiger partial charge in [0.1, 0.15) is 14.9 Å². The predicted molar refractivity (Wildman–Crippen MR) is 103 cm³/mol. The Morgan fingerprint density at radius 1 is 1.52 bits per heavy atom. The molecule has 0 saturated carbocycles. The number of rotatable bonds is 12. The van der Waals surface area contributed by atoms with Crippen molar-refractivity contribution in [2.45, 2.75) is 62.2 Å². The standard InChI is InChI=1S/C15H28N3O9P2/c1-3-4-14(11(20)7-16)13(25-27-14)29(23,24)15(22,8-18-6-5-17-9-18)28-26-12(21)10(2)19/h5-6,9-10,12-13,19,21-24,28H,3-4,7-8,16H2,1-2H3/q+1/t10-,12?,13?,14?,15?/m0/s1. The predicted octanol–water partition coefficient (Wildman–Crippen LogP) is -0.975. The van der Waals surface area contributed by atoms with Crippen LogP contribution in [0.5, 0.6) is 0 Å². The van der Waals surface area contributed by atoms with Crippen molar-refractivity contribution >= 4 is 22.3 Å². The van der Waals surface area contributed by atoms with Crippen molar-refractivity contribution in [2.75, 3.05) is 6.54 Å². The van der Waals surface area contributed by atoms with E-state index in [9.17, 15) is 29.9 Å². The smallest absolute Gasteiger partial charge is 0.344 e. The van der Waals surface area contributed by atoms with Crippen molar-refractivity contribution < 1.29 is 44.2 Å². The molecule has 7 N–H and O–H groups in total. The van der Waals surface area contributed by atoms with Crippen LogP contribution in [0.2, 0.25) is 0 Å². The lowest BCUT2D eigenvalue weighted by atomic mass is 9.92. The van der Waals surface area contributed by atoms with E-state index in [1.807, 2.05) is 0 Å². The minimum absolute atomic E-state index is 0.0952. The van der Waals surface area contributed by atoms with Gasteiger partial charge in [0, 0.05) is 12.4 Å². The molecule has 1 saturated heterocycles. The zero-order chi connectivity index (χ0) is 21.9. The van der Waals surface area contributed by atoms with Gasteiger partial charge in [-0.1, -0.05) is 13.3 Å². The molecule has 1 aromatic rings. The van der Waals surface area contributed by atoms with Crippen LogP contribution >= 0.6 is 16.5 Å². The lowest BCUT2D eigenvalue weighted by molar-refractivity contribution is -0.475. The molecule has 14 heteroatoms. The first-order valence-corrected chi connectivity index (χ1v) is 11.6. The van der Waals surface area contributed by atoms with Crippen molar-refractivity contribution in [1.82, 2.24) is 9.55 Å². The van der Waals surface area contributed by atoms with Gasteiger partial charge in [-0.15, -0.1) is 0 Å². The first-order chi connectivity index (χ1) is 13.5. The summed E-state index contributed by atoms with van der Waals surface area (Å²) >= 11 is 0. The summed E-state index contributed by atoms with van der Waals surface area (Å²) in [6.45, 7) is 2.22. The quantitative estimate of drug-likeness (QED) is 0.129. The Kier molecular flexibility index (Phi) is 8.22. The van der Waals surface area contributed by atoms with Crippen LogP contribution in [0.15, 0.2) is 18.7 Å². The molecular weight excluding hydrogens is 428 g/mol. The molecule has 1 fully saturated rings. The molecule has 1 aliphatic heterocycles. The van der Waals surface area contributed by atoms with Crippen molar-refractivity contribution in [2.24, 2.45) is 5.73 Å². The average Bonchev–Trinajstić information content (AvgIpc) is 3.14. The third kappa shape index (κ3) is 4.84. The van der Waals surface area contributed by atoms with E-state index in [1.54, 1.807) is 6.92 Å². The second-order valence-electron chi connectivity index (χ2n) is 6.85. The summed E-state index contributed by atoms with van der Waals surface area (Å²) in [6.07, 6.45) is 1.82. The van der Waals surface area contributed by atoms with E-state index in [1.165, 1.54) is 30.2 Å². The maximum Gasteiger partial charge on any atom is 0.344 e. The number of carbonyl (C=O) groups is 1. The van der Waals surface area contributed by atoms with Crippen LogP contribution in [0.4, 0.5) is 0 Å². The van der Waals surface area contributed by atoms with Gasteiger partial charge in [-0.2, -0.15) is 4.89 Å². The van der Waals surface area contributed by atoms with E-state index in [0.717, 1.165) is 0 Å². The highest BCUT2D eigenvalue weighted by Gasteiger charge is 2.77. The van der Waals surface area contributed by atoms with Crippen LogP contribution in [0, 0.1) is 0 Å². The number of nitrogens with zero attached hydrogens (tertiary/aromatic N) is 2. The average molecular weight is 456 g/mol. The molecular formula is C15H28N3O9P2+. The van der Waals surface area contributed by atoms with Crippen molar-refractivity contribution in [1.29, 1.82) is 0 Å². The minimum atomic E-state index is -4.54. The number of imidazole rings is 1. The summed E-state index contributed by atoms with van der Waals surface area (Å²) in [5, 5.41) is 28.0. The summed E-state index contributed by atoms with van der Waals surface area (Å²) < 4.78 is 6.46. The van der Waals surface area contributed by atoms with Gasteiger partial charge in [-0.3, -0.25) is 4.79 Å². The lowest BCUT2D eigenvalue weighted by Crippen LogP contribution is -2.65. The summed E-state index contributed by atoms with van der Waals surface area (Å²) in [4.78, 5) is 48.4. The Morgan fingerprint density at radius 3 is 2.66 bits per heavy atom. The van der Waals surface area contributed by atoms with E-state index in [0.29, 0.717) is 6.42 Å². The highest BCUT2D eigenvalue weighted by Crippen LogP contribution is 2.76. The van der Waals surface area contributed by atoms with Gasteiger partial charge >= 0.3 is 7.72 Å². The summed E-state index contributed by atoms with van der Waals surface area (Å²) in [5.41, 5.74) is 3.75. The molecule has 0 aliphatic carbocycles. The molecule has 0 spiro atoms. The van der Waals surface area contributed by atoms with E-state index in [4.69, 9.17) is 20.0 Å². The van der Waals surface area contributed by atoms with Crippen LogP contribution in [-0.4, -0.2) is 75.9 Å². The molecule has 2 rings (SSSR count). The first-order valence-electron chi connectivity index (χ1n) is 8.93. The molecule has 29 heavy (non-hydrogen) atoms. The van der Waals surface area contributed by atoms with Gasteiger partial charge in [0.15, 0.2) is 12.1 Å². The largest absolute Gasteiger partial charge is 0.388 e. The Labute approximate surface area is 169 Å². The monoisotopic (exact) mass is 456 g/mol. The van der Waals surface area contributed by atoms with E-state index < -0.39 is 64.3 Å². The number of aliphatic hydroxyl groups excluding tert-OH is 2.